The number of carbonyl (C=O) groups is 1. The summed E-state index contributed by atoms with van der Waals surface area (Å²) < 4.78 is 56.5. The van der Waals surface area contributed by atoms with Crippen LogP contribution in [-0.2, 0) is 11.0 Å². The van der Waals surface area contributed by atoms with Gasteiger partial charge in [0, 0.05) is 19.0 Å². The van der Waals surface area contributed by atoms with Crippen LogP contribution in [0.4, 0.5) is 23.2 Å². The Balaban J connectivity index is 2.41. The van der Waals surface area contributed by atoms with E-state index in [1.54, 1.807) is 13.8 Å². The van der Waals surface area contributed by atoms with E-state index in [9.17, 15) is 22.4 Å². The number of hydrogen-bond donors (Lipinski definition) is 0. The van der Waals surface area contributed by atoms with Gasteiger partial charge in [0.05, 0.1) is 5.69 Å². The lowest BCUT2D eigenvalue weighted by atomic mass is 10.2. The van der Waals surface area contributed by atoms with Gasteiger partial charge in [-0.1, -0.05) is 16.4 Å². The van der Waals surface area contributed by atoms with Gasteiger partial charge in [-0.25, -0.2) is 4.39 Å². The molecule has 0 N–H and O–H groups in total. The van der Waals surface area contributed by atoms with Crippen LogP contribution in [0.15, 0.2) is 18.2 Å². The number of amides is 1. The fraction of sp³-hybridized carbons (Fsp3) is 0.357. The Hall–Kier alpha value is -2.23. The van der Waals surface area contributed by atoms with Gasteiger partial charge in [-0.05, 0) is 26.0 Å². The molecule has 130 valence electrons. The van der Waals surface area contributed by atoms with Crippen molar-refractivity contribution >= 4 is 22.9 Å². The summed E-state index contributed by atoms with van der Waals surface area (Å²) in [5, 5.41) is 4.71. The molecule has 0 saturated carbocycles. The first-order valence-electron chi connectivity index (χ1n) is 6.77. The molecular formula is C14H13F4N3O2S. The third-order valence-electron chi connectivity index (χ3n) is 2.88. The monoisotopic (exact) mass is 363 g/mol. The number of hydrogen-bond acceptors (Lipinski definition) is 5. The van der Waals surface area contributed by atoms with Gasteiger partial charge in [0.2, 0.25) is 10.9 Å². The second kappa shape index (κ2) is 6.71. The quantitative estimate of drug-likeness (QED) is 0.762. The summed E-state index contributed by atoms with van der Waals surface area (Å²) >= 11 is 0.182. The maximum Gasteiger partial charge on any atom is 0.445 e. The first-order valence-corrected chi connectivity index (χ1v) is 7.59. The smallest absolute Gasteiger partial charge is 0.427 e. The predicted octanol–water partition coefficient (Wildman–Crippen LogP) is 4.25. The number of rotatable bonds is 4. The van der Waals surface area contributed by atoms with Crippen molar-refractivity contribution in [2.24, 2.45) is 0 Å². The summed E-state index contributed by atoms with van der Waals surface area (Å²) in [6, 6.07) is 3.15. The van der Waals surface area contributed by atoms with Crippen molar-refractivity contribution in [3.8, 4) is 10.9 Å². The third kappa shape index (κ3) is 3.99. The Morgan fingerprint density at radius 1 is 1.29 bits per heavy atom. The van der Waals surface area contributed by atoms with Crippen molar-refractivity contribution in [2.45, 2.75) is 33.0 Å². The second-order valence-electron chi connectivity index (χ2n) is 5.07. The lowest BCUT2D eigenvalue weighted by molar-refractivity contribution is -0.138. The molecular weight excluding hydrogens is 350 g/mol. The number of aromatic nitrogens is 2. The van der Waals surface area contributed by atoms with Gasteiger partial charge < -0.3 is 9.64 Å². The number of anilines is 1. The number of alkyl halides is 3. The zero-order chi connectivity index (χ0) is 18.1. The summed E-state index contributed by atoms with van der Waals surface area (Å²) in [5.74, 6) is -1.11. The van der Waals surface area contributed by atoms with Gasteiger partial charge in [-0.2, -0.15) is 13.2 Å². The molecule has 0 aliphatic heterocycles. The average molecular weight is 363 g/mol. The van der Waals surface area contributed by atoms with Crippen LogP contribution < -0.4 is 9.64 Å². The molecule has 1 aromatic heterocycles. The molecule has 0 unspecified atom stereocenters. The van der Waals surface area contributed by atoms with Gasteiger partial charge in [0.1, 0.15) is 5.82 Å². The van der Waals surface area contributed by atoms with Crippen molar-refractivity contribution < 1.29 is 27.1 Å². The minimum Gasteiger partial charge on any atom is -0.427 e. The maximum absolute atomic E-state index is 13.5. The molecule has 0 aliphatic rings. The van der Waals surface area contributed by atoms with Crippen molar-refractivity contribution in [3.05, 3.63) is 29.0 Å². The molecule has 0 radical (unpaired) electrons. The minimum absolute atomic E-state index is 0.122. The van der Waals surface area contributed by atoms with Crippen molar-refractivity contribution in [2.75, 3.05) is 4.90 Å². The summed E-state index contributed by atoms with van der Waals surface area (Å²) in [4.78, 5) is 13.1. The summed E-state index contributed by atoms with van der Waals surface area (Å²) in [7, 11) is 0. The Kier molecular flexibility index (Phi) is 5.07. The van der Waals surface area contributed by atoms with Gasteiger partial charge in [0.25, 0.3) is 5.19 Å². The lowest BCUT2D eigenvalue weighted by Crippen LogP contribution is -2.35. The molecule has 2 rings (SSSR count). The first kappa shape index (κ1) is 18.1. The molecule has 24 heavy (non-hydrogen) atoms. The molecule has 10 heteroatoms. The Labute approximate surface area is 138 Å². The number of carbonyl (C=O) groups excluding carboxylic acids is 1. The molecule has 1 heterocycles. The highest BCUT2D eigenvalue weighted by molar-refractivity contribution is 7.13. The highest BCUT2D eigenvalue weighted by atomic mass is 32.1. The highest BCUT2D eigenvalue weighted by Crippen LogP contribution is 2.38. The van der Waals surface area contributed by atoms with Crippen LogP contribution in [-0.4, -0.2) is 22.1 Å². The number of benzene rings is 1. The van der Waals surface area contributed by atoms with Crippen LogP contribution in [0.25, 0.3) is 0 Å². The maximum atomic E-state index is 13.5. The first-order chi connectivity index (χ1) is 11.1. The Bertz CT molecular complexity index is 746. The van der Waals surface area contributed by atoms with Crippen LogP contribution in [0, 0.1) is 5.82 Å². The zero-order valence-electron chi connectivity index (χ0n) is 12.9. The van der Waals surface area contributed by atoms with Gasteiger partial charge in [0.15, 0.2) is 5.75 Å². The van der Waals surface area contributed by atoms with Crippen molar-refractivity contribution in [1.82, 2.24) is 10.2 Å². The molecule has 1 amide bonds. The van der Waals surface area contributed by atoms with E-state index in [0.717, 1.165) is 12.1 Å². The topological polar surface area (TPSA) is 55.3 Å². The number of nitrogens with zero attached hydrogens (tertiary/aromatic N) is 3. The summed E-state index contributed by atoms with van der Waals surface area (Å²) in [5.41, 5.74) is 0.225. The molecule has 0 fully saturated rings. The fourth-order valence-electron chi connectivity index (χ4n) is 2.04. The van der Waals surface area contributed by atoms with Crippen LogP contribution >= 0.6 is 11.3 Å². The molecule has 0 spiro atoms. The zero-order valence-corrected chi connectivity index (χ0v) is 13.7. The lowest BCUT2D eigenvalue weighted by Gasteiger charge is -2.27. The fourth-order valence-corrected chi connectivity index (χ4v) is 2.62. The average Bonchev–Trinajstić information content (AvgIpc) is 2.89. The van der Waals surface area contributed by atoms with E-state index >= 15 is 0 Å². The Morgan fingerprint density at radius 3 is 2.46 bits per heavy atom. The van der Waals surface area contributed by atoms with E-state index < -0.39 is 22.2 Å². The van der Waals surface area contributed by atoms with Crippen LogP contribution in [0.2, 0.25) is 0 Å². The van der Waals surface area contributed by atoms with E-state index in [0.29, 0.717) is 0 Å². The van der Waals surface area contributed by atoms with Crippen molar-refractivity contribution in [3.63, 3.8) is 0 Å². The number of ether oxygens (including phenoxy) is 1. The minimum atomic E-state index is -4.65. The summed E-state index contributed by atoms with van der Waals surface area (Å²) in [6.45, 7) is 4.79. The molecule has 0 aliphatic carbocycles. The largest absolute Gasteiger partial charge is 0.445 e. The van der Waals surface area contributed by atoms with Crippen molar-refractivity contribution in [1.29, 1.82) is 0 Å². The highest BCUT2D eigenvalue weighted by Gasteiger charge is 2.36. The SMILES string of the molecule is CC(=O)N(c1ccc(F)cc1Oc1nnc(C(F)(F)F)s1)C(C)C. The van der Waals surface area contributed by atoms with Gasteiger partial charge in [-0.15, -0.1) is 5.10 Å². The Morgan fingerprint density at radius 2 is 1.96 bits per heavy atom. The van der Waals surface area contributed by atoms with Gasteiger partial charge >= 0.3 is 6.18 Å². The molecule has 2 aromatic rings. The van der Waals surface area contributed by atoms with E-state index in [2.05, 4.69) is 10.2 Å². The standard InChI is InChI=1S/C14H13F4N3O2S/c1-7(2)21(8(3)22)10-5-4-9(15)6-11(10)23-13-20-19-12(24-13)14(16,17)18/h4-7H,1-3H3. The normalized spacial score (nSPS) is 11.7. The van der Waals surface area contributed by atoms with Gasteiger partial charge in [-0.3, -0.25) is 4.79 Å². The van der Waals surface area contributed by atoms with E-state index in [-0.39, 0.29) is 34.7 Å². The molecule has 1 aromatic carbocycles. The molecule has 0 saturated heterocycles. The molecule has 0 atom stereocenters. The molecule has 5 nitrogen and oxygen atoms in total. The second-order valence-corrected chi connectivity index (χ2v) is 6.01. The van der Waals surface area contributed by atoms with Crippen LogP contribution in [0.3, 0.4) is 0 Å². The molecule has 0 bridgehead atoms. The number of halogens is 4. The van der Waals surface area contributed by atoms with E-state index in [1.807, 2.05) is 0 Å². The predicted molar refractivity (Wildman–Crippen MR) is 79.7 cm³/mol. The summed E-state index contributed by atoms with van der Waals surface area (Å²) in [6.07, 6.45) is -4.65. The van der Waals surface area contributed by atoms with E-state index in [4.69, 9.17) is 4.74 Å². The van der Waals surface area contributed by atoms with Crippen LogP contribution in [0.5, 0.6) is 10.9 Å². The van der Waals surface area contributed by atoms with E-state index in [1.165, 1.54) is 17.9 Å². The third-order valence-corrected chi connectivity index (χ3v) is 3.73. The van der Waals surface area contributed by atoms with Crippen LogP contribution in [0.1, 0.15) is 25.8 Å².